The van der Waals surface area contributed by atoms with E-state index in [1.54, 1.807) is 18.1 Å². The molecule has 7 heteroatoms. The number of benzene rings is 1. The lowest BCUT2D eigenvalue weighted by Gasteiger charge is -2.25. The van der Waals surface area contributed by atoms with Gasteiger partial charge in [0.15, 0.2) is 5.65 Å². The molecule has 0 spiro atoms. The molecule has 130 valence electrons. The molecule has 1 saturated heterocycles. The highest BCUT2D eigenvalue weighted by molar-refractivity contribution is 7.99. The molecular weight excluding hydrogens is 354 g/mol. The van der Waals surface area contributed by atoms with Crippen molar-refractivity contribution in [3.8, 4) is 5.69 Å². The molecule has 1 aliphatic heterocycles. The van der Waals surface area contributed by atoms with Crippen LogP contribution in [-0.2, 0) is 0 Å². The van der Waals surface area contributed by atoms with Gasteiger partial charge in [-0.05, 0) is 44.1 Å². The largest absolute Gasteiger partial charge is 0.303 e. The monoisotopic (exact) mass is 373 g/mol. The van der Waals surface area contributed by atoms with Crippen molar-refractivity contribution in [3.05, 3.63) is 41.8 Å². The zero-order valence-corrected chi connectivity index (χ0v) is 15.5. The first-order valence-electron chi connectivity index (χ1n) is 8.61. The third kappa shape index (κ3) is 3.81. The molecule has 3 aromatic rings. The number of aromatic nitrogens is 4. The van der Waals surface area contributed by atoms with Crippen molar-refractivity contribution in [1.29, 1.82) is 0 Å². The van der Waals surface area contributed by atoms with E-state index in [1.807, 2.05) is 35.1 Å². The fourth-order valence-electron chi connectivity index (χ4n) is 3.19. The number of hydrogen-bond donors (Lipinski definition) is 0. The van der Waals surface area contributed by atoms with Gasteiger partial charge in [0.25, 0.3) is 0 Å². The van der Waals surface area contributed by atoms with Crippen molar-refractivity contribution in [2.45, 2.75) is 24.3 Å². The molecule has 1 aliphatic rings. The molecule has 0 aliphatic carbocycles. The summed E-state index contributed by atoms with van der Waals surface area (Å²) in [5.74, 6) is 1.04. The van der Waals surface area contributed by atoms with Crippen LogP contribution in [-0.4, -0.2) is 50.0 Å². The van der Waals surface area contributed by atoms with Crippen LogP contribution in [0.3, 0.4) is 0 Å². The highest BCUT2D eigenvalue weighted by atomic mass is 35.5. The van der Waals surface area contributed by atoms with Crippen LogP contribution in [0.5, 0.6) is 0 Å². The number of rotatable bonds is 5. The van der Waals surface area contributed by atoms with E-state index in [0.29, 0.717) is 5.02 Å². The topological polar surface area (TPSA) is 46.8 Å². The van der Waals surface area contributed by atoms with Gasteiger partial charge in [-0.3, -0.25) is 0 Å². The quantitative estimate of drug-likeness (QED) is 0.498. The summed E-state index contributed by atoms with van der Waals surface area (Å²) in [5, 5.41) is 7.17. The summed E-state index contributed by atoms with van der Waals surface area (Å²) < 4.78 is 1.82. The number of fused-ring (bicyclic) bond motifs is 1. The number of nitrogens with zero attached hydrogens (tertiary/aromatic N) is 5. The Kier molecular flexibility index (Phi) is 5.20. The van der Waals surface area contributed by atoms with E-state index in [-0.39, 0.29) is 0 Å². The zero-order valence-electron chi connectivity index (χ0n) is 13.9. The average Bonchev–Trinajstić information content (AvgIpc) is 3.08. The first-order chi connectivity index (χ1) is 12.3. The third-order valence-corrected chi connectivity index (χ3v) is 5.70. The summed E-state index contributed by atoms with van der Waals surface area (Å²) in [7, 11) is 0. The summed E-state index contributed by atoms with van der Waals surface area (Å²) in [6, 6.07) is 7.64. The Balaban J connectivity index is 1.52. The van der Waals surface area contributed by atoms with Gasteiger partial charge in [-0.25, -0.2) is 14.6 Å². The second kappa shape index (κ2) is 7.72. The maximum Gasteiger partial charge on any atom is 0.167 e. The minimum Gasteiger partial charge on any atom is -0.303 e. The molecule has 5 nitrogen and oxygen atoms in total. The van der Waals surface area contributed by atoms with Crippen LogP contribution in [0.15, 0.2) is 41.8 Å². The van der Waals surface area contributed by atoms with Crippen molar-refractivity contribution in [1.82, 2.24) is 24.6 Å². The van der Waals surface area contributed by atoms with Crippen molar-refractivity contribution >= 4 is 34.4 Å². The summed E-state index contributed by atoms with van der Waals surface area (Å²) in [5.41, 5.74) is 1.73. The van der Waals surface area contributed by atoms with Gasteiger partial charge in [0.1, 0.15) is 11.4 Å². The minimum atomic E-state index is 0.686. The molecule has 0 atom stereocenters. The first kappa shape index (κ1) is 16.8. The van der Waals surface area contributed by atoms with Crippen molar-refractivity contribution < 1.29 is 0 Å². The van der Waals surface area contributed by atoms with Gasteiger partial charge in [-0.15, -0.1) is 11.8 Å². The molecule has 0 radical (unpaired) electrons. The minimum absolute atomic E-state index is 0.686. The van der Waals surface area contributed by atoms with E-state index < -0.39 is 0 Å². The van der Waals surface area contributed by atoms with Gasteiger partial charge < -0.3 is 4.90 Å². The standard InChI is InChI=1S/C18H20ClN5S/c19-14-5-4-6-15(11-14)24-17-16(12-22-24)18(21-13-20-17)25-10-9-23-7-2-1-3-8-23/h4-6,11-13H,1-3,7-10H2. The number of halogens is 1. The third-order valence-electron chi connectivity index (χ3n) is 4.48. The van der Waals surface area contributed by atoms with Crippen LogP contribution in [0.2, 0.25) is 5.02 Å². The lowest BCUT2D eigenvalue weighted by Crippen LogP contribution is -2.31. The number of likely N-dealkylation sites (tertiary alicyclic amines) is 1. The van der Waals surface area contributed by atoms with Gasteiger partial charge in [-0.1, -0.05) is 24.1 Å². The molecule has 0 bridgehead atoms. The first-order valence-corrected chi connectivity index (χ1v) is 9.97. The summed E-state index contributed by atoms with van der Waals surface area (Å²) in [6.45, 7) is 3.57. The summed E-state index contributed by atoms with van der Waals surface area (Å²) in [6.07, 6.45) is 7.50. The van der Waals surface area contributed by atoms with Crippen molar-refractivity contribution in [2.75, 3.05) is 25.4 Å². The van der Waals surface area contributed by atoms with Crippen LogP contribution < -0.4 is 0 Å². The molecule has 0 saturated carbocycles. The highest BCUT2D eigenvalue weighted by Crippen LogP contribution is 2.26. The molecule has 0 amide bonds. The van der Waals surface area contributed by atoms with Crippen LogP contribution in [0.1, 0.15) is 19.3 Å². The summed E-state index contributed by atoms with van der Waals surface area (Å²) >= 11 is 7.89. The van der Waals surface area contributed by atoms with Crippen molar-refractivity contribution in [2.24, 2.45) is 0 Å². The predicted octanol–water partition coefficient (Wildman–Crippen LogP) is 4.05. The molecule has 1 fully saturated rings. The molecule has 3 heterocycles. The predicted molar refractivity (Wildman–Crippen MR) is 103 cm³/mol. The van der Waals surface area contributed by atoms with E-state index >= 15 is 0 Å². The van der Waals surface area contributed by atoms with E-state index in [0.717, 1.165) is 34.0 Å². The molecular formula is C18H20ClN5S. The molecule has 2 aromatic heterocycles. The van der Waals surface area contributed by atoms with Crippen LogP contribution in [0, 0.1) is 0 Å². The maximum atomic E-state index is 6.10. The van der Waals surface area contributed by atoms with Gasteiger partial charge in [0.05, 0.1) is 17.3 Å². The van der Waals surface area contributed by atoms with Gasteiger partial charge in [0, 0.05) is 17.3 Å². The smallest absolute Gasteiger partial charge is 0.167 e. The Morgan fingerprint density at radius 2 is 2.00 bits per heavy atom. The fraction of sp³-hybridized carbons (Fsp3) is 0.389. The number of thioether (sulfide) groups is 1. The van der Waals surface area contributed by atoms with Gasteiger partial charge in [0.2, 0.25) is 0 Å². The van der Waals surface area contributed by atoms with Crippen LogP contribution in [0.25, 0.3) is 16.7 Å². The second-order valence-corrected chi connectivity index (χ2v) is 7.72. The Labute approximate surface area is 156 Å². The van der Waals surface area contributed by atoms with Crippen LogP contribution >= 0.6 is 23.4 Å². The Hall–Kier alpha value is -1.63. The number of piperidine rings is 1. The van der Waals surface area contributed by atoms with E-state index in [1.165, 1.54) is 32.4 Å². The van der Waals surface area contributed by atoms with Crippen LogP contribution in [0.4, 0.5) is 0 Å². The lowest BCUT2D eigenvalue weighted by atomic mass is 10.1. The average molecular weight is 374 g/mol. The Bertz CT molecular complexity index is 860. The van der Waals surface area contributed by atoms with E-state index in [9.17, 15) is 0 Å². The zero-order chi connectivity index (χ0) is 17.1. The number of hydrogen-bond acceptors (Lipinski definition) is 5. The maximum absolute atomic E-state index is 6.10. The molecule has 25 heavy (non-hydrogen) atoms. The van der Waals surface area contributed by atoms with E-state index in [4.69, 9.17) is 11.6 Å². The SMILES string of the molecule is Clc1cccc(-n2ncc3c(SCCN4CCCCC4)ncnc32)c1. The molecule has 0 unspecified atom stereocenters. The lowest BCUT2D eigenvalue weighted by molar-refractivity contribution is 0.242. The fourth-order valence-corrected chi connectivity index (χ4v) is 4.34. The Morgan fingerprint density at radius 3 is 2.84 bits per heavy atom. The second-order valence-electron chi connectivity index (χ2n) is 6.20. The highest BCUT2D eigenvalue weighted by Gasteiger charge is 2.13. The Morgan fingerprint density at radius 1 is 1.12 bits per heavy atom. The van der Waals surface area contributed by atoms with E-state index in [2.05, 4.69) is 20.0 Å². The van der Waals surface area contributed by atoms with Gasteiger partial charge >= 0.3 is 0 Å². The summed E-state index contributed by atoms with van der Waals surface area (Å²) in [4.78, 5) is 11.4. The van der Waals surface area contributed by atoms with Crippen molar-refractivity contribution in [3.63, 3.8) is 0 Å². The molecule has 4 rings (SSSR count). The molecule has 1 aromatic carbocycles. The normalized spacial score (nSPS) is 15.7. The molecule has 0 N–H and O–H groups in total. The van der Waals surface area contributed by atoms with Gasteiger partial charge in [-0.2, -0.15) is 5.10 Å².